The molecule has 25 heavy (non-hydrogen) atoms. The van der Waals surface area contributed by atoms with Gasteiger partial charge in [0.15, 0.2) is 0 Å². The topological polar surface area (TPSA) is 52.2 Å². The molecular formula is C20H22N4O. The van der Waals surface area contributed by atoms with Gasteiger partial charge < -0.3 is 14.8 Å². The van der Waals surface area contributed by atoms with Crippen molar-refractivity contribution in [1.29, 1.82) is 0 Å². The van der Waals surface area contributed by atoms with Gasteiger partial charge in [-0.1, -0.05) is 18.2 Å². The lowest BCUT2D eigenvalue weighted by molar-refractivity contribution is 0.0748. The average molecular weight is 334 g/mol. The molecule has 3 aromatic rings. The number of nitrogens with zero attached hydrogens (tertiary/aromatic N) is 3. The third kappa shape index (κ3) is 2.76. The minimum atomic E-state index is 0.124. The van der Waals surface area contributed by atoms with Crippen molar-refractivity contribution in [1.82, 2.24) is 14.9 Å². The minimum Gasteiger partial charge on any atom is -0.358 e. The van der Waals surface area contributed by atoms with Gasteiger partial charge in [0, 0.05) is 49.0 Å². The second-order valence-electron chi connectivity index (χ2n) is 6.59. The van der Waals surface area contributed by atoms with Crippen molar-refractivity contribution in [3.05, 3.63) is 59.4 Å². The molecule has 5 nitrogen and oxygen atoms in total. The molecule has 1 amide bonds. The smallest absolute Gasteiger partial charge is 0.256 e. The zero-order chi connectivity index (χ0) is 17.4. The van der Waals surface area contributed by atoms with Crippen LogP contribution < -0.4 is 4.90 Å². The molecule has 0 radical (unpaired) electrons. The molecule has 4 rings (SSSR count). The first-order valence-corrected chi connectivity index (χ1v) is 8.68. The SMILES string of the molecule is Cc1[nH]c2cccc(C)c2c1C(=O)N1CCN(c2ccccn2)CC1. The number of piperazine rings is 1. The Balaban J connectivity index is 1.56. The van der Waals surface area contributed by atoms with Gasteiger partial charge in [-0.25, -0.2) is 4.98 Å². The van der Waals surface area contributed by atoms with Crippen molar-refractivity contribution >= 4 is 22.6 Å². The molecule has 1 N–H and O–H groups in total. The first kappa shape index (κ1) is 15.7. The number of aromatic nitrogens is 2. The van der Waals surface area contributed by atoms with Gasteiger partial charge in [0.2, 0.25) is 0 Å². The predicted octanol–water partition coefficient (Wildman–Crippen LogP) is 3.14. The molecule has 1 aliphatic heterocycles. The number of hydrogen-bond donors (Lipinski definition) is 1. The van der Waals surface area contributed by atoms with Crippen LogP contribution in [0.2, 0.25) is 0 Å². The highest BCUT2D eigenvalue weighted by molar-refractivity contribution is 6.09. The summed E-state index contributed by atoms with van der Waals surface area (Å²) in [5, 5.41) is 1.05. The van der Waals surface area contributed by atoms with Gasteiger partial charge in [0.05, 0.1) is 5.56 Å². The van der Waals surface area contributed by atoms with E-state index in [2.05, 4.69) is 27.9 Å². The monoisotopic (exact) mass is 334 g/mol. The molecule has 128 valence electrons. The number of anilines is 1. The highest BCUT2D eigenvalue weighted by Crippen LogP contribution is 2.27. The highest BCUT2D eigenvalue weighted by atomic mass is 16.2. The van der Waals surface area contributed by atoms with Gasteiger partial charge in [0.1, 0.15) is 5.82 Å². The lowest BCUT2D eigenvalue weighted by atomic mass is 10.0. The summed E-state index contributed by atoms with van der Waals surface area (Å²) in [7, 11) is 0. The molecule has 0 aliphatic carbocycles. The highest BCUT2D eigenvalue weighted by Gasteiger charge is 2.26. The summed E-state index contributed by atoms with van der Waals surface area (Å²) in [5.41, 5.74) is 3.94. The van der Waals surface area contributed by atoms with Crippen molar-refractivity contribution in [2.24, 2.45) is 0 Å². The van der Waals surface area contributed by atoms with Crippen molar-refractivity contribution in [2.75, 3.05) is 31.1 Å². The van der Waals surface area contributed by atoms with Gasteiger partial charge in [-0.15, -0.1) is 0 Å². The Kier molecular flexibility index (Phi) is 3.92. The number of H-pyrrole nitrogens is 1. The van der Waals surface area contributed by atoms with Crippen LogP contribution in [0.25, 0.3) is 10.9 Å². The van der Waals surface area contributed by atoms with Gasteiger partial charge in [0.25, 0.3) is 5.91 Å². The van der Waals surface area contributed by atoms with Crippen LogP contribution in [-0.2, 0) is 0 Å². The number of aromatic amines is 1. The number of rotatable bonds is 2. The fourth-order valence-corrected chi connectivity index (χ4v) is 3.66. The van der Waals surface area contributed by atoms with Crippen LogP contribution >= 0.6 is 0 Å². The Morgan fingerprint density at radius 2 is 1.84 bits per heavy atom. The molecule has 1 aliphatic rings. The Labute approximate surface area is 147 Å². The summed E-state index contributed by atoms with van der Waals surface area (Å²) in [6.07, 6.45) is 1.81. The maximum atomic E-state index is 13.2. The van der Waals surface area contributed by atoms with Crippen LogP contribution in [-0.4, -0.2) is 47.0 Å². The number of fused-ring (bicyclic) bond motifs is 1. The van der Waals surface area contributed by atoms with E-state index >= 15 is 0 Å². The van der Waals surface area contributed by atoms with E-state index in [9.17, 15) is 4.79 Å². The Morgan fingerprint density at radius 3 is 2.56 bits per heavy atom. The zero-order valence-electron chi connectivity index (χ0n) is 14.6. The molecular weight excluding hydrogens is 312 g/mol. The number of amides is 1. The number of carbonyl (C=O) groups excluding carboxylic acids is 1. The number of carbonyl (C=O) groups is 1. The Morgan fingerprint density at radius 1 is 1.04 bits per heavy atom. The van der Waals surface area contributed by atoms with Crippen LogP contribution in [0.5, 0.6) is 0 Å². The minimum absolute atomic E-state index is 0.124. The van der Waals surface area contributed by atoms with E-state index < -0.39 is 0 Å². The molecule has 1 fully saturated rings. The quantitative estimate of drug-likeness (QED) is 0.783. The summed E-state index contributed by atoms with van der Waals surface area (Å²) < 4.78 is 0. The third-order valence-corrected chi connectivity index (χ3v) is 4.97. The van der Waals surface area contributed by atoms with E-state index in [1.165, 1.54) is 0 Å². The zero-order valence-corrected chi connectivity index (χ0v) is 14.6. The summed E-state index contributed by atoms with van der Waals surface area (Å²) in [6, 6.07) is 12.1. The molecule has 0 spiro atoms. The lowest BCUT2D eigenvalue weighted by Crippen LogP contribution is -2.49. The average Bonchev–Trinajstić information content (AvgIpc) is 2.99. The summed E-state index contributed by atoms with van der Waals surface area (Å²) in [5.74, 6) is 1.10. The normalized spacial score (nSPS) is 15.0. The fraction of sp³-hybridized carbons (Fsp3) is 0.300. The van der Waals surface area contributed by atoms with Crippen LogP contribution in [0.15, 0.2) is 42.6 Å². The summed E-state index contributed by atoms with van der Waals surface area (Å²) in [4.78, 5) is 25.1. The van der Waals surface area contributed by atoms with Gasteiger partial charge >= 0.3 is 0 Å². The van der Waals surface area contributed by atoms with E-state index in [0.29, 0.717) is 13.1 Å². The van der Waals surface area contributed by atoms with E-state index in [4.69, 9.17) is 0 Å². The first-order chi connectivity index (χ1) is 12.1. The molecule has 1 saturated heterocycles. The molecule has 5 heteroatoms. The van der Waals surface area contributed by atoms with Gasteiger partial charge in [-0.2, -0.15) is 0 Å². The lowest BCUT2D eigenvalue weighted by Gasteiger charge is -2.35. The number of nitrogens with one attached hydrogen (secondary N) is 1. The van der Waals surface area contributed by atoms with Gasteiger partial charge in [-0.3, -0.25) is 4.79 Å². The number of aryl methyl sites for hydroxylation is 2. The fourth-order valence-electron chi connectivity index (χ4n) is 3.66. The maximum absolute atomic E-state index is 13.2. The number of hydrogen-bond acceptors (Lipinski definition) is 3. The molecule has 0 unspecified atom stereocenters. The first-order valence-electron chi connectivity index (χ1n) is 8.68. The largest absolute Gasteiger partial charge is 0.358 e. The number of benzene rings is 1. The molecule has 1 aromatic carbocycles. The van der Waals surface area contributed by atoms with E-state index in [1.54, 1.807) is 0 Å². The van der Waals surface area contributed by atoms with E-state index in [-0.39, 0.29) is 5.91 Å². The maximum Gasteiger partial charge on any atom is 0.256 e. The van der Waals surface area contributed by atoms with Crippen molar-refractivity contribution in [2.45, 2.75) is 13.8 Å². The molecule has 2 aromatic heterocycles. The molecule has 3 heterocycles. The van der Waals surface area contributed by atoms with Crippen LogP contribution in [0, 0.1) is 13.8 Å². The molecule has 0 atom stereocenters. The van der Waals surface area contributed by atoms with Gasteiger partial charge in [-0.05, 0) is 37.6 Å². The van der Waals surface area contributed by atoms with Crippen LogP contribution in [0.3, 0.4) is 0 Å². The number of pyridine rings is 1. The second kappa shape index (κ2) is 6.24. The molecule has 0 bridgehead atoms. The summed E-state index contributed by atoms with van der Waals surface area (Å²) in [6.45, 7) is 7.09. The van der Waals surface area contributed by atoms with Crippen molar-refractivity contribution in [3.63, 3.8) is 0 Å². The summed E-state index contributed by atoms with van der Waals surface area (Å²) >= 11 is 0. The Bertz CT molecular complexity index is 908. The van der Waals surface area contributed by atoms with E-state index in [0.717, 1.165) is 46.6 Å². The Hall–Kier alpha value is -2.82. The third-order valence-electron chi connectivity index (χ3n) is 4.97. The standard InChI is InChI=1S/C20H22N4O/c1-14-6-5-7-16-18(14)19(15(2)22-16)20(25)24-12-10-23(11-13-24)17-8-3-4-9-21-17/h3-9,22H,10-13H2,1-2H3. The van der Waals surface area contributed by atoms with Crippen molar-refractivity contribution < 1.29 is 4.79 Å². The van der Waals surface area contributed by atoms with Crippen LogP contribution in [0.4, 0.5) is 5.82 Å². The second-order valence-corrected chi connectivity index (χ2v) is 6.59. The van der Waals surface area contributed by atoms with Crippen molar-refractivity contribution in [3.8, 4) is 0 Å². The molecule has 0 saturated carbocycles. The van der Waals surface area contributed by atoms with E-state index in [1.807, 2.05) is 48.4 Å². The van der Waals surface area contributed by atoms with Crippen LogP contribution in [0.1, 0.15) is 21.6 Å². The predicted molar refractivity (Wildman–Crippen MR) is 100 cm³/mol.